The molecule has 0 radical (unpaired) electrons. The van der Waals surface area contributed by atoms with Gasteiger partial charge in [-0.1, -0.05) is 0 Å². The van der Waals surface area contributed by atoms with E-state index < -0.39 is 24.5 Å². The molecule has 1 aromatic rings. The van der Waals surface area contributed by atoms with Crippen molar-refractivity contribution in [3.8, 4) is 11.8 Å². The minimum absolute atomic E-state index is 0.0226. The van der Waals surface area contributed by atoms with Gasteiger partial charge in [0.2, 0.25) is 0 Å². The van der Waals surface area contributed by atoms with Gasteiger partial charge in [-0.2, -0.15) is 5.26 Å². The summed E-state index contributed by atoms with van der Waals surface area (Å²) in [4.78, 5) is 3.25. The van der Waals surface area contributed by atoms with E-state index in [4.69, 9.17) is 10.4 Å². The largest absolute Gasteiger partial charge is 0.505 e. The van der Waals surface area contributed by atoms with Crippen molar-refractivity contribution < 1.29 is 19.0 Å². The number of pyridine rings is 1. The molecule has 0 spiro atoms. The molecule has 0 aromatic carbocycles. The lowest BCUT2D eigenvalue weighted by atomic mass is 10.1. The number of nitrogens with zero attached hydrogens (tertiary/aromatic N) is 2. The van der Waals surface area contributed by atoms with Crippen LogP contribution in [0.2, 0.25) is 0 Å². The standard InChI is InChI=1S/C8H6F2N2O2/c9-8(10)6-7(14)5(1-11)4(3-13)2-12-6/h2,8,13-14H,3H2. The van der Waals surface area contributed by atoms with Crippen molar-refractivity contribution in [2.75, 3.05) is 0 Å². The summed E-state index contributed by atoms with van der Waals surface area (Å²) in [7, 11) is 0. The number of alkyl halides is 2. The molecule has 0 atom stereocenters. The number of aliphatic hydroxyl groups excluding tert-OH is 1. The Bertz CT molecular complexity index is 388. The van der Waals surface area contributed by atoms with E-state index in [2.05, 4.69) is 4.98 Å². The lowest BCUT2D eigenvalue weighted by Gasteiger charge is -2.06. The summed E-state index contributed by atoms with van der Waals surface area (Å²) >= 11 is 0. The van der Waals surface area contributed by atoms with Crippen LogP contribution in [0.15, 0.2) is 6.20 Å². The second kappa shape index (κ2) is 3.98. The number of aromatic hydroxyl groups is 1. The minimum atomic E-state index is -2.95. The van der Waals surface area contributed by atoms with Crippen molar-refractivity contribution in [1.82, 2.24) is 4.98 Å². The van der Waals surface area contributed by atoms with Gasteiger partial charge in [-0.3, -0.25) is 4.98 Å². The second-order valence-corrected chi connectivity index (χ2v) is 2.46. The molecule has 0 aliphatic carbocycles. The lowest BCUT2D eigenvalue weighted by Crippen LogP contribution is -1.98. The van der Waals surface area contributed by atoms with E-state index in [0.29, 0.717) is 0 Å². The van der Waals surface area contributed by atoms with Gasteiger partial charge >= 0.3 is 0 Å². The van der Waals surface area contributed by atoms with E-state index in [-0.39, 0.29) is 11.1 Å². The van der Waals surface area contributed by atoms with Crippen LogP contribution in [0, 0.1) is 11.3 Å². The van der Waals surface area contributed by atoms with Gasteiger partial charge in [-0.05, 0) is 0 Å². The van der Waals surface area contributed by atoms with Crippen molar-refractivity contribution in [2.24, 2.45) is 0 Å². The molecule has 1 aromatic heterocycles. The van der Waals surface area contributed by atoms with Crippen LogP contribution in [0.5, 0.6) is 5.75 Å². The van der Waals surface area contributed by atoms with Gasteiger partial charge in [0.1, 0.15) is 17.3 Å². The summed E-state index contributed by atoms with van der Waals surface area (Å²) in [5.41, 5.74) is -1.19. The quantitative estimate of drug-likeness (QED) is 0.749. The topological polar surface area (TPSA) is 77.1 Å². The van der Waals surface area contributed by atoms with Crippen molar-refractivity contribution in [2.45, 2.75) is 13.0 Å². The van der Waals surface area contributed by atoms with Gasteiger partial charge in [0, 0.05) is 11.8 Å². The zero-order valence-electron chi connectivity index (χ0n) is 6.91. The van der Waals surface area contributed by atoms with Crippen LogP contribution >= 0.6 is 0 Å². The first-order valence-corrected chi connectivity index (χ1v) is 3.61. The molecule has 0 fully saturated rings. The van der Waals surface area contributed by atoms with E-state index in [1.807, 2.05) is 0 Å². The first-order valence-electron chi connectivity index (χ1n) is 3.61. The van der Waals surface area contributed by atoms with Crippen LogP contribution in [0.25, 0.3) is 0 Å². The van der Waals surface area contributed by atoms with Crippen LogP contribution in [-0.2, 0) is 6.61 Å². The third-order valence-corrected chi connectivity index (χ3v) is 1.65. The Balaban J connectivity index is 3.37. The third-order valence-electron chi connectivity index (χ3n) is 1.65. The Morgan fingerprint density at radius 2 is 2.21 bits per heavy atom. The fraction of sp³-hybridized carbons (Fsp3) is 0.250. The predicted molar refractivity (Wildman–Crippen MR) is 41.5 cm³/mol. The van der Waals surface area contributed by atoms with Crippen LogP contribution in [0.4, 0.5) is 8.78 Å². The number of hydrogen-bond acceptors (Lipinski definition) is 4. The summed E-state index contributed by atoms with van der Waals surface area (Å²) in [5, 5.41) is 26.5. The summed E-state index contributed by atoms with van der Waals surface area (Å²) in [6, 6.07) is 1.53. The molecule has 0 saturated carbocycles. The molecule has 1 rings (SSSR count). The Labute approximate surface area is 78.1 Å². The van der Waals surface area contributed by atoms with Crippen LogP contribution < -0.4 is 0 Å². The highest BCUT2D eigenvalue weighted by Crippen LogP contribution is 2.30. The summed E-state index contributed by atoms with van der Waals surface area (Å²) in [6.45, 7) is -0.535. The minimum Gasteiger partial charge on any atom is -0.505 e. The average Bonchev–Trinajstić information content (AvgIpc) is 2.16. The molecule has 14 heavy (non-hydrogen) atoms. The summed E-state index contributed by atoms with van der Waals surface area (Å²) < 4.78 is 24.4. The van der Waals surface area contributed by atoms with E-state index >= 15 is 0 Å². The molecule has 2 N–H and O–H groups in total. The van der Waals surface area contributed by atoms with Gasteiger partial charge in [-0.15, -0.1) is 0 Å². The average molecular weight is 200 g/mol. The number of hydrogen-bond donors (Lipinski definition) is 2. The fourth-order valence-electron chi connectivity index (χ4n) is 0.958. The Hall–Kier alpha value is -1.74. The molecule has 0 saturated heterocycles. The monoisotopic (exact) mass is 200 g/mol. The Morgan fingerprint density at radius 3 is 2.64 bits per heavy atom. The molecular formula is C8H6F2N2O2. The third kappa shape index (κ3) is 1.63. The van der Waals surface area contributed by atoms with Gasteiger partial charge in [0.15, 0.2) is 5.75 Å². The van der Waals surface area contributed by atoms with Crippen LogP contribution in [-0.4, -0.2) is 15.2 Å². The Kier molecular flexibility index (Phi) is 2.94. The maximum atomic E-state index is 12.2. The Morgan fingerprint density at radius 1 is 1.57 bits per heavy atom. The number of rotatable bonds is 2. The number of nitriles is 1. The number of aliphatic hydroxyl groups is 1. The van der Waals surface area contributed by atoms with Gasteiger partial charge < -0.3 is 10.2 Å². The highest BCUT2D eigenvalue weighted by Gasteiger charge is 2.19. The smallest absolute Gasteiger partial charge is 0.284 e. The van der Waals surface area contributed by atoms with E-state index in [1.54, 1.807) is 0 Å². The molecule has 0 aliphatic rings. The van der Waals surface area contributed by atoms with E-state index in [9.17, 15) is 13.9 Å². The molecule has 0 bridgehead atoms. The number of halogens is 2. The molecule has 6 heteroatoms. The van der Waals surface area contributed by atoms with E-state index in [0.717, 1.165) is 6.20 Å². The van der Waals surface area contributed by atoms with Crippen LogP contribution in [0.3, 0.4) is 0 Å². The SMILES string of the molecule is N#Cc1c(CO)cnc(C(F)F)c1O. The first-order chi connectivity index (χ1) is 6.61. The highest BCUT2D eigenvalue weighted by atomic mass is 19.3. The van der Waals surface area contributed by atoms with E-state index in [1.165, 1.54) is 6.07 Å². The maximum absolute atomic E-state index is 12.2. The molecule has 0 amide bonds. The predicted octanol–water partition coefficient (Wildman–Crippen LogP) is 1.09. The molecule has 1 heterocycles. The summed E-state index contributed by atoms with van der Waals surface area (Å²) in [6.07, 6.45) is -2.01. The molecule has 0 aliphatic heterocycles. The van der Waals surface area contributed by atoms with Crippen molar-refractivity contribution in [3.63, 3.8) is 0 Å². The highest BCUT2D eigenvalue weighted by molar-refractivity contribution is 5.49. The lowest BCUT2D eigenvalue weighted by molar-refractivity contribution is 0.141. The molecule has 0 unspecified atom stereocenters. The van der Waals surface area contributed by atoms with Gasteiger partial charge in [0.25, 0.3) is 6.43 Å². The molecule has 4 nitrogen and oxygen atoms in total. The number of aromatic nitrogens is 1. The van der Waals surface area contributed by atoms with Gasteiger partial charge in [-0.25, -0.2) is 8.78 Å². The van der Waals surface area contributed by atoms with Crippen molar-refractivity contribution in [1.29, 1.82) is 5.26 Å². The zero-order chi connectivity index (χ0) is 10.7. The first kappa shape index (κ1) is 10.3. The van der Waals surface area contributed by atoms with Crippen molar-refractivity contribution >= 4 is 0 Å². The fourth-order valence-corrected chi connectivity index (χ4v) is 0.958. The van der Waals surface area contributed by atoms with Crippen LogP contribution in [0.1, 0.15) is 23.2 Å². The maximum Gasteiger partial charge on any atom is 0.284 e. The van der Waals surface area contributed by atoms with Crippen molar-refractivity contribution in [3.05, 3.63) is 23.0 Å². The zero-order valence-corrected chi connectivity index (χ0v) is 6.91. The molecule has 74 valence electrons. The normalized spacial score (nSPS) is 10.2. The summed E-state index contributed by atoms with van der Waals surface area (Å²) in [5.74, 6) is -0.867. The second-order valence-electron chi connectivity index (χ2n) is 2.46. The van der Waals surface area contributed by atoms with Gasteiger partial charge in [0.05, 0.1) is 6.61 Å². The molecular weight excluding hydrogens is 194 g/mol.